The number of nitrogens with one attached hydrogen (secondary N) is 2. The van der Waals surface area contributed by atoms with Crippen molar-refractivity contribution in [2.45, 2.75) is 64.6 Å². The first-order valence-electron chi connectivity index (χ1n) is 18.4. The number of aromatic nitrogens is 5. The summed E-state index contributed by atoms with van der Waals surface area (Å²) in [6.07, 6.45) is 3.24. The number of urea groups is 1. The first-order valence-corrected chi connectivity index (χ1v) is 18.4. The number of nitrogens with zero attached hydrogens (tertiary/aromatic N) is 6. The van der Waals surface area contributed by atoms with Gasteiger partial charge in [0.05, 0.1) is 36.8 Å². The fourth-order valence-electron chi connectivity index (χ4n) is 7.18. The predicted octanol–water partition coefficient (Wildman–Crippen LogP) is 7.80. The van der Waals surface area contributed by atoms with Gasteiger partial charge in [0.2, 0.25) is 0 Å². The Labute approximate surface area is 310 Å². The Morgan fingerprint density at radius 1 is 0.906 bits per heavy atom. The minimum atomic E-state index is -0.280. The molecule has 53 heavy (non-hydrogen) atoms. The van der Waals surface area contributed by atoms with Crippen LogP contribution in [-0.2, 0) is 16.7 Å². The Morgan fingerprint density at radius 3 is 2.49 bits per heavy atom. The fraction of sp³-hybridized carbons (Fsp3) is 0.333. The maximum Gasteiger partial charge on any atom is 0.320 e. The molecule has 3 aromatic heterocycles. The van der Waals surface area contributed by atoms with Gasteiger partial charge in [-0.25, -0.2) is 9.48 Å². The number of rotatable bonds is 8. The molecule has 0 unspecified atom stereocenters. The van der Waals surface area contributed by atoms with Crippen molar-refractivity contribution in [2.75, 3.05) is 31.6 Å². The van der Waals surface area contributed by atoms with Crippen LogP contribution in [0, 0.1) is 6.92 Å². The molecule has 0 saturated carbocycles. The van der Waals surface area contributed by atoms with E-state index in [1.807, 2.05) is 65.2 Å². The van der Waals surface area contributed by atoms with E-state index in [2.05, 4.69) is 89.8 Å². The van der Waals surface area contributed by atoms with E-state index >= 15 is 0 Å². The van der Waals surface area contributed by atoms with Crippen molar-refractivity contribution in [2.24, 2.45) is 0 Å². The van der Waals surface area contributed by atoms with Crippen LogP contribution in [0.15, 0.2) is 97.2 Å². The van der Waals surface area contributed by atoms with Crippen LogP contribution in [0.1, 0.15) is 73.7 Å². The number of ether oxygens (including phenoxy) is 2. The SMILES string of the molecule is Cc1ccc(-n2nc(C(C)(C)C)cc2NC(=O)N[C@H]2CC[C@@H](Oc3ccc4nnc(-c5cccc(CN6CCOCC6)c5)n4c3)c3ccccc32)cc1. The molecule has 11 nitrogen and oxygen atoms in total. The molecule has 3 aromatic carbocycles. The molecule has 1 aliphatic carbocycles. The van der Waals surface area contributed by atoms with Crippen molar-refractivity contribution in [1.29, 1.82) is 0 Å². The molecule has 6 aromatic rings. The van der Waals surface area contributed by atoms with Crippen LogP contribution in [0.5, 0.6) is 5.75 Å². The molecule has 8 rings (SSSR count). The van der Waals surface area contributed by atoms with Gasteiger partial charge >= 0.3 is 6.03 Å². The van der Waals surface area contributed by atoms with Crippen LogP contribution in [0.4, 0.5) is 10.6 Å². The number of aryl methyl sites for hydroxylation is 1. The van der Waals surface area contributed by atoms with Gasteiger partial charge < -0.3 is 14.8 Å². The van der Waals surface area contributed by atoms with Crippen LogP contribution in [0.2, 0.25) is 0 Å². The summed E-state index contributed by atoms with van der Waals surface area (Å²) >= 11 is 0. The molecule has 0 radical (unpaired) electrons. The van der Waals surface area contributed by atoms with Crippen LogP contribution >= 0.6 is 0 Å². The summed E-state index contributed by atoms with van der Waals surface area (Å²) in [4.78, 5) is 16.0. The Hall–Kier alpha value is -5.52. The van der Waals surface area contributed by atoms with E-state index in [1.165, 1.54) is 5.56 Å². The van der Waals surface area contributed by atoms with Crippen molar-refractivity contribution >= 4 is 17.5 Å². The number of morpholine rings is 1. The summed E-state index contributed by atoms with van der Waals surface area (Å²) in [5.74, 6) is 2.12. The highest BCUT2D eigenvalue weighted by Gasteiger charge is 2.30. The number of anilines is 1. The third kappa shape index (κ3) is 7.53. The van der Waals surface area contributed by atoms with Gasteiger partial charge in [-0.3, -0.25) is 14.6 Å². The molecule has 1 aliphatic heterocycles. The monoisotopic (exact) mass is 710 g/mol. The molecule has 0 spiro atoms. The van der Waals surface area contributed by atoms with Crippen LogP contribution < -0.4 is 15.4 Å². The topological polar surface area (TPSA) is 111 Å². The quantitative estimate of drug-likeness (QED) is 0.166. The highest BCUT2D eigenvalue weighted by molar-refractivity contribution is 5.89. The molecular formula is C42H46N8O3. The highest BCUT2D eigenvalue weighted by Crippen LogP contribution is 2.39. The van der Waals surface area contributed by atoms with Gasteiger partial charge in [0.15, 0.2) is 11.5 Å². The van der Waals surface area contributed by atoms with E-state index in [9.17, 15) is 4.79 Å². The number of amides is 2. The Bertz CT molecular complexity index is 2230. The summed E-state index contributed by atoms with van der Waals surface area (Å²) in [7, 11) is 0. The normalized spacial score (nSPS) is 17.7. The summed E-state index contributed by atoms with van der Waals surface area (Å²) in [5.41, 5.74) is 7.85. The van der Waals surface area contributed by atoms with Gasteiger partial charge in [0, 0.05) is 36.7 Å². The average Bonchev–Trinajstić information content (AvgIpc) is 3.78. The third-order valence-corrected chi connectivity index (χ3v) is 10.1. The van der Waals surface area contributed by atoms with Crippen molar-refractivity contribution in [3.05, 3.63) is 125 Å². The van der Waals surface area contributed by atoms with Crippen molar-refractivity contribution < 1.29 is 14.3 Å². The predicted molar refractivity (Wildman–Crippen MR) is 205 cm³/mol. The molecule has 11 heteroatoms. The van der Waals surface area contributed by atoms with Crippen LogP contribution in [-0.4, -0.2) is 61.6 Å². The lowest BCUT2D eigenvalue weighted by Crippen LogP contribution is -2.36. The lowest BCUT2D eigenvalue weighted by molar-refractivity contribution is 0.0342. The largest absolute Gasteiger partial charge is 0.484 e. The zero-order valence-electron chi connectivity index (χ0n) is 30.8. The lowest BCUT2D eigenvalue weighted by Gasteiger charge is -2.32. The van der Waals surface area contributed by atoms with Gasteiger partial charge in [-0.2, -0.15) is 5.10 Å². The summed E-state index contributed by atoms with van der Waals surface area (Å²) in [6, 6.07) is 30.2. The fourth-order valence-corrected chi connectivity index (χ4v) is 7.18. The average molecular weight is 711 g/mol. The van der Waals surface area contributed by atoms with E-state index < -0.39 is 0 Å². The number of hydrogen-bond acceptors (Lipinski definition) is 7. The van der Waals surface area contributed by atoms with Gasteiger partial charge in [-0.15, -0.1) is 10.2 Å². The van der Waals surface area contributed by atoms with E-state index in [-0.39, 0.29) is 23.6 Å². The van der Waals surface area contributed by atoms with Crippen LogP contribution in [0.3, 0.4) is 0 Å². The second-order valence-corrected chi connectivity index (χ2v) is 15.1. The molecule has 2 aliphatic rings. The van der Waals surface area contributed by atoms with E-state index in [0.717, 1.165) is 96.5 Å². The zero-order valence-corrected chi connectivity index (χ0v) is 30.8. The number of carbonyl (C=O) groups excluding carboxylic acids is 1. The smallest absolute Gasteiger partial charge is 0.320 e. The first-order chi connectivity index (χ1) is 25.7. The number of pyridine rings is 1. The molecule has 2 atom stereocenters. The summed E-state index contributed by atoms with van der Waals surface area (Å²) in [5, 5.41) is 20.2. The minimum Gasteiger partial charge on any atom is -0.484 e. The van der Waals surface area contributed by atoms with E-state index in [4.69, 9.17) is 14.6 Å². The molecule has 272 valence electrons. The van der Waals surface area contributed by atoms with Crippen molar-refractivity contribution in [3.63, 3.8) is 0 Å². The zero-order chi connectivity index (χ0) is 36.5. The first kappa shape index (κ1) is 34.6. The third-order valence-electron chi connectivity index (χ3n) is 10.1. The number of hydrogen-bond donors (Lipinski definition) is 2. The second-order valence-electron chi connectivity index (χ2n) is 15.1. The summed E-state index contributed by atoms with van der Waals surface area (Å²) < 4.78 is 16.0. The second kappa shape index (κ2) is 14.5. The molecule has 2 amide bonds. The Morgan fingerprint density at radius 2 is 1.70 bits per heavy atom. The number of carbonyl (C=O) groups is 1. The van der Waals surface area contributed by atoms with Gasteiger partial charge in [0.1, 0.15) is 17.7 Å². The molecule has 1 saturated heterocycles. The molecular weight excluding hydrogens is 665 g/mol. The van der Waals surface area contributed by atoms with E-state index in [0.29, 0.717) is 5.82 Å². The molecule has 4 heterocycles. The Balaban J connectivity index is 0.986. The summed E-state index contributed by atoms with van der Waals surface area (Å²) in [6.45, 7) is 12.7. The van der Waals surface area contributed by atoms with Crippen molar-refractivity contribution in [3.8, 4) is 22.8 Å². The van der Waals surface area contributed by atoms with Gasteiger partial charge in [-0.1, -0.05) is 80.9 Å². The van der Waals surface area contributed by atoms with Crippen molar-refractivity contribution in [1.82, 2.24) is 34.6 Å². The lowest BCUT2D eigenvalue weighted by atomic mass is 9.85. The molecule has 1 fully saturated rings. The maximum atomic E-state index is 13.6. The maximum absolute atomic E-state index is 13.6. The minimum absolute atomic E-state index is 0.180. The molecule has 2 N–H and O–H groups in total. The highest BCUT2D eigenvalue weighted by atomic mass is 16.5. The molecule has 0 bridgehead atoms. The standard InChI is InChI=1S/C42H46N8O3/c1-28-12-14-31(15-13-28)50-39(25-37(47-50)42(2,3)4)44-41(51)43-35-17-18-36(34-11-6-5-10-33(34)35)53-32-16-19-38-45-46-40(49(38)27-32)30-9-7-8-29(24-30)26-48-20-22-52-23-21-48/h5-16,19,24-25,27,35-36H,17-18,20-23,26H2,1-4H3,(H2,43,44,51)/t35-,36+/m0/s1. The Kier molecular flexibility index (Phi) is 9.44. The van der Waals surface area contributed by atoms with Gasteiger partial charge in [-0.05, 0) is 66.8 Å². The number of benzene rings is 3. The number of fused-ring (bicyclic) bond motifs is 2. The van der Waals surface area contributed by atoms with Gasteiger partial charge in [0.25, 0.3) is 0 Å². The van der Waals surface area contributed by atoms with Crippen LogP contribution in [0.25, 0.3) is 22.7 Å². The van der Waals surface area contributed by atoms with E-state index in [1.54, 1.807) is 4.68 Å².